The van der Waals surface area contributed by atoms with Gasteiger partial charge >= 0.3 is 0 Å². The second kappa shape index (κ2) is 4.03. The van der Waals surface area contributed by atoms with Crippen LogP contribution in [0.3, 0.4) is 0 Å². The number of hydrogen-bond acceptors (Lipinski definition) is 1. The summed E-state index contributed by atoms with van der Waals surface area (Å²) in [5, 5.41) is 1.96. The van der Waals surface area contributed by atoms with Crippen molar-refractivity contribution in [3.8, 4) is 0 Å². The minimum atomic E-state index is 0.704. The van der Waals surface area contributed by atoms with Crippen molar-refractivity contribution in [2.24, 2.45) is 5.73 Å². The fourth-order valence-electron chi connectivity index (χ4n) is 1.69. The molecular weight excluding hydrogens is 196 g/mol. The third kappa shape index (κ3) is 1.63. The van der Waals surface area contributed by atoms with E-state index >= 15 is 0 Å². The summed E-state index contributed by atoms with van der Waals surface area (Å²) >= 11 is 6.11. The van der Waals surface area contributed by atoms with Crippen molar-refractivity contribution in [2.75, 3.05) is 6.54 Å². The molecule has 0 saturated carbocycles. The van der Waals surface area contributed by atoms with E-state index in [4.69, 9.17) is 17.3 Å². The zero-order valence-electron chi connectivity index (χ0n) is 7.89. The van der Waals surface area contributed by atoms with Crippen molar-refractivity contribution in [3.05, 3.63) is 35.0 Å². The van der Waals surface area contributed by atoms with Gasteiger partial charge in [-0.05, 0) is 31.0 Å². The van der Waals surface area contributed by atoms with Gasteiger partial charge in [-0.15, -0.1) is 0 Å². The molecule has 14 heavy (non-hydrogen) atoms. The Bertz CT molecular complexity index is 434. The molecule has 1 aromatic carbocycles. The molecule has 0 aliphatic rings. The second-order valence-corrected chi connectivity index (χ2v) is 3.73. The lowest BCUT2D eigenvalue weighted by Crippen LogP contribution is -2.00. The summed E-state index contributed by atoms with van der Waals surface area (Å²) < 4.78 is 0. The van der Waals surface area contributed by atoms with Gasteiger partial charge in [-0.2, -0.15) is 0 Å². The summed E-state index contributed by atoms with van der Waals surface area (Å²) in [7, 11) is 0. The Kier molecular flexibility index (Phi) is 2.75. The van der Waals surface area contributed by atoms with Gasteiger partial charge in [0.25, 0.3) is 0 Å². The SMILES string of the molecule is NCCCc1c(Cl)[nH]c2ccccc12. The van der Waals surface area contributed by atoms with Gasteiger partial charge in [-0.25, -0.2) is 0 Å². The molecular formula is C11H13ClN2. The summed E-state index contributed by atoms with van der Waals surface area (Å²) in [6, 6.07) is 8.15. The highest BCUT2D eigenvalue weighted by atomic mass is 35.5. The molecule has 74 valence electrons. The van der Waals surface area contributed by atoms with Crippen LogP contribution in [-0.2, 0) is 6.42 Å². The minimum absolute atomic E-state index is 0.704. The summed E-state index contributed by atoms with van der Waals surface area (Å²) in [5.41, 5.74) is 7.78. The van der Waals surface area contributed by atoms with Crippen LogP contribution in [0.1, 0.15) is 12.0 Å². The Morgan fingerprint density at radius 3 is 2.86 bits per heavy atom. The van der Waals surface area contributed by atoms with Crippen molar-refractivity contribution in [1.29, 1.82) is 0 Å². The molecule has 0 fully saturated rings. The number of halogens is 1. The van der Waals surface area contributed by atoms with E-state index in [0.717, 1.165) is 23.5 Å². The van der Waals surface area contributed by atoms with Crippen LogP contribution in [0.15, 0.2) is 24.3 Å². The smallest absolute Gasteiger partial charge is 0.110 e. The van der Waals surface area contributed by atoms with Gasteiger partial charge in [0, 0.05) is 10.9 Å². The number of rotatable bonds is 3. The van der Waals surface area contributed by atoms with Gasteiger partial charge in [-0.3, -0.25) is 0 Å². The van der Waals surface area contributed by atoms with Crippen LogP contribution in [0.2, 0.25) is 5.15 Å². The molecule has 3 heteroatoms. The Hall–Kier alpha value is -0.990. The Labute approximate surface area is 88.1 Å². The quantitative estimate of drug-likeness (QED) is 0.800. The first kappa shape index (κ1) is 9.56. The van der Waals surface area contributed by atoms with Crippen molar-refractivity contribution in [3.63, 3.8) is 0 Å². The number of H-pyrrole nitrogens is 1. The zero-order chi connectivity index (χ0) is 9.97. The van der Waals surface area contributed by atoms with Crippen molar-refractivity contribution >= 4 is 22.5 Å². The van der Waals surface area contributed by atoms with Crippen molar-refractivity contribution < 1.29 is 0 Å². The van der Waals surface area contributed by atoms with Gasteiger partial charge in [0.05, 0.1) is 0 Å². The molecule has 0 radical (unpaired) electrons. The molecule has 0 aliphatic carbocycles. The Morgan fingerprint density at radius 1 is 1.29 bits per heavy atom. The highest BCUT2D eigenvalue weighted by Gasteiger charge is 2.07. The van der Waals surface area contributed by atoms with Crippen LogP contribution < -0.4 is 5.73 Å². The van der Waals surface area contributed by atoms with Crippen molar-refractivity contribution in [1.82, 2.24) is 4.98 Å². The normalized spacial score (nSPS) is 11.0. The largest absolute Gasteiger partial charge is 0.345 e. The first-order valence-corrected chi connectivity index (χ1v) is 5.16. The number of para-hydroxylation sites is 1. The van der Waals surface area contributed by atoms with Gasteiger partial charge < -0.3 is 10.7 Å². The van der Waals surface area contributed by atoms with Crippen LogP contribution in [-0.4, -0.2) is 11.5 Å². The molecule has 0 saturated heterocycles. The molecule has 2 nitrogen and oxygen atoms in total. The number of benzene rings is 1. The number of aryl methyl sites for hydroxylation is 1. The summed E-state index contributed by atoms with van der Waals surface area (Å²) in [6.07, 6.45) is 1.92. The van der Waals surface area contributed by atoms with E-state index in [1.165, 1.54) is 10.9 Å². The lowest BCUT2D eigenvalue weighted by Gasteiger charge is -1.97. The third-order valence-electron chi connectivity index (χ3n) is 2.39. The average Bonchev–Trinajstić information content (AvgIpc) is 2.51. The topological polar surface area (TPSA) is 41.8 Å². The fraction of sp³-hybridized carbons (Fsp3) is 0.273. The highest BCUT2D eigenvalue weighted by molar-refractivity contribution is 6.31. The maximum atomic E-state index is 6.11. The lowest BCUT2D eigenvalue weighted by atomic mass is 10.1. The first-order valence-electron chi connectivity index (χ1n) is 4.78. The van der Waals surface area contributed by atoms with Gasteiger partial charge in [0.1, 0.15) is 5.15 Å². The number of aromatic amines is 1. The van der Waals surface area contributed by atoms with Gasteiger partial charge in [-0.1, -0.05) is 29.8 Å². The minimum Gasteiger partial charge on any atom is -0.345 e. The summed E-state index contributed by atoms with van der Waals surface area (Å²) in [6.45, 7) is 0.704. The van der Waals surface area contributed by atoms with Crippen LogP contribution in [0.5, 0.6) is 0 Å². The number of aromatic nitrogens is 1. The highest BCUT2D eigenvalue weighted by Crippen LogP contribution is 2.26. The number of nitrogens with one attached hydrogen (secondary N) is 1. The molecule has 0 aliphatic heterocycles. The molecule has 2 rings (SSSR count). The number of fused-ring (bicyclic) bond motifs is 1. The van der Waals surface area contributed by atoms with E-state index in [1.54, 1.807) is 0 Å². The number of hydrogen-bond donors (Lipinski definition) is 2. The zero-order valence-corrected chi connectivity index (χ0v) is 8.64. The molecule has 3 N–H and O–H groups in total. The molecule has 1 heterocycles. The monoisotopic (exact) mass is 208 g/mol. The second-order valence-electron chi connectivity index (χ2n) is 3.36. The van der Waals surface area contributed by atoms with E-state index in [-0.39, 0.29) is 0 Å². The fourth-order valence-corrected chi connectivity index (χ4v) is 1.99. The number of nitrogens with two attached hydrogens (primary N) is 1. The first-order chi connectivity index (χ1) is 6.83. The predicted molar refractivity (Wildman–Crippen MR) is 60.7 cm³/mol. The summed E-state index contributed by atoms with van der Waals surface area (Å²) in [5.74, 6) is 0. The van der Waals surface area contributed by atoms with E-state index in [9.17, 15) is 0 Å². The summed E-state index contributed by atoms with van der Waals surface area (Å²) in [4.78, 5) is 3.16. The lowest BCUT2D eigenvalue weighted by molar-refractivity contribution is 0.837. The predicted octanol–water partition coefficient (Wildman–Crippen LogP) is 2.71. The molecule has 0 atom stereocenters. The standard InChI is InChI=1S/C11H13ClN2/c12-11-9(5-3-7-13)8-4-1-2-6-10(8)14-11/h1-2,4,6,14H,3,5,7,13H2. The average molecular weight is 209 g/mol. The van der Waals surface area contributed by atoms with E-state index in [0.29, 0.717) is 6.54 Å². The molecule has 0 bridgehead atoms. The van der Waals surface area contributed by atoms with Crippen molar-refractivity contribution in [2.45, 2.75) is 12.8 Å². The van der Waals surface area contributed by atoms with Crippen LogP contribution in [0.4, 0.5) is 0 Å². The van der Waals surface area contributed by atoms with Crippen LogP contribution in [0, 0.1) is 0 Å². The maximum absolute atomic E-state index is 6.11. The van der Waals surface area contributed by atoms with Crippen LogP contribution >= 0.6 is 11.6 Å². The van der Waals surface area contributed by atoms with Gasteiger partial charge in [0.15, 0.2) is 0 Å². The molecule has 0 amide bonds. The van der Waals surface area contributed by atoms with Gasteiger partial charge in [0.2, 0.25) is 0 Å². The Balaban J connectivity index is 2.45. The molecule has 1 aromatic heterocycles. The molecule has 0 unspecified atom stereocenters. The maximum Gasteiger partial charge on any atom is 0.110 e. The van der Waals surface area contributed by atoms with E-state index in [2.05, 4.69) is 11.1 Å². The Morgan fingerprint density at radius 2 is 2.07 bits per heavy atom. The molecule has 0 spiro atoms. The van der Waals surface area contributed by atoms with E-state index < -0.39 is 0 Å². The van der Waals surface area contributed by atoms with E-state index in [1.807, 2.05) is 18.2 Å². The third-order valence-corrected chi connectivity index (χ3v) is 2.72. The van der Waals surface area contributed by atoms with Crippen LogP contribution in [0.25, 0.3) is 10.9 Å². The molecule has 2 aromatic rings.